The molecular weight excluding hydrogens is 146 g/mol. The van der Waals surface area contributed by atoms with Crippen molar-refractivity contribution in [2.75, 3.05) is 0 Å². The van der Waals surface area contributed by atoms with Crippen LogP contribution in [0.4, 0.5) is 0 Å². The predicted molar refractivity (Wildman–Crippen MR) is 54.3 cm³/mol. The molecule has 0 aliphatic carbocycles. The Labute approximate surface area is 73.5 Å². The van der Waals surface area contributed by atoms with E-state index < -0.39 is 0 Å². The molecule has 0 N–H and O–H groups in total. The fourth-order valence-corrected chi connectivity index (χ4v) is 0.872. The summed E-state index contributed by atoms with van der Waals surface area (Å²) in [5.74, 6) is 0. The molecular formula is C11H13N. The third-order valence-electron chi connectivity index (χ3n) is 1.53. The van der Waals surface area contributed by atoms with Gasteiger partial charge in [-0.1, -0.05) is 30.4 Å². The second kappa shape index (κ2) is 5.30. The van der Waals surface area contributed by atoms with Crippen LogP contribution in [0.5, 0.6) is 0 Å². The van der Waals surface area contributed by atoms with E-state index in [0.717, 1.165) is 12.1 Å². The van der Waals surface area contributed by atoms with Crippen molar-refractivity contribution in [1.29, 1.82) is 0 Å². The molecule has 0 radical (unpaired) electrons. The molecule has 0 atom stereocenters. The average molecular weight is 159 g/mol. The second-order valence-electron chi connectivity index (χ2n) is 2.44. The highest BCUT2D eigenvalue weighted by Crippen LogP contribution is 1.99. The van der Waals surface area contributed by atoms with Crippen molar-refractivity contribution in [2.24, 2.45) is 4.99 Å². The van der Waals surface area contributed by atoms with Gasteiger partial charge >= 0.3 is 0 Å². The lowest BCUT2D eigenvalue weighted by Gasteiger charge is -1.90. The molecule has 1 heterocycles. The van der Waals surface area contributed by atoms with Crippen molar-refractivity contribution in [3.8, 4) is 0 Å². The third-order valence-corrected chi connectivity index (χ3v) is 1.53. The molecule has 1 nitrogen and oxygen atoms in total. The van der Waals surface area contributed by atoms with E-state index in [1.165, 1.54) is 0 Å². The molecule has 0 aromatic carbocycles. The average Bonchev–Trinajstić information content (AvgIpc) is 2.14. The number of aliphatic imine (C=N–C) groups is 1. The molecule has 0 bridgehead atoms. The lowest BCUT2D eigenvalue weighted by molar-refractivity contribution is 1.36. The number of hydrogen-bond donors (Lipinski definition) is 0. The Bertz CT molecular complexity index is 241. The SMILES string of the molecule is C/C=C1\C=C/C=C\C/C=C\C=N\1. The molecule has 0 amide bonds. The molecule has 1 aliphatic rings. The fourth-order valence-electron chi connectivity index (χ4n) is 0.872. The maximum absolute atomic E-state index is 4.23. The van der Waals surface area contributed by atoms with Crippen molar-refractivity contribution < 1.29 is 0 Å². The summed E-state index contributed by atoms with van der Waals surface area (Å²) < 4.78 is 0. The molecule has 0 spiro atoms. The highest BCUT2D eigenvalue weighted by molar-refractivity contribution is 5.72. The zero-order valence-electron chi connectivity index (χ0n) is 7.27. The molecule has 0 aromatic rings. The van der Waals surface area contributed by atoms with Gasteiger partial charge < -0.3 is 0 Å². The van der Waals surface area contributed by atoms with Crippen molar-refractivity contribution >= 4 is 6.21 Å². The Morgan fingerprint density at radius 2 is 2.08 bits per heavy atom. The zero-order chi connectivity index (χ0) is 8.65. The van der Waals surface area contributed by atoms with Crippen LogP contribution in [0.2, 0.25) is 0 Å². The molecule has 62 valence electrons. The standard InChI is InChI=1S/C11H13N/c1-2-11-9-7-5-3-4-6-8-10-12-11/h2-3,5-10H,4H2,1H3/b5-3-,8-6-,9-7-,11-2+,12-10+. The van der Waals surface area contributed by atoms with Crippen LogP contribution in [-0.2, 0) is 0 Å². The van der Waals surface area contributed by atoms with Crippen LogP contribution >= 0.6 is 0 Å². The van der Waals surface area contributed by atoms with Gasteiger partial charge in [0.1, 0.15) is 0 Å². The van der Waals surface area contributed by atoms with Gasteiger partial charge in [0.25, 0.3) is 0 Å². The van der Waals surface area contributed by atoms with Crippen molar-refractivity contribution in [2.45, 2.75) is 13.3 Å². The lowest BCUT2D eigenvalue weighted by atomic mass is 10.3. The maximum atomic E-state index is 4.23. The number of allylic oxidation sites excluding steroid dienone is 7. The first-order valence-electron chi connectivity index (χ1n) is 4.12. The fraction of sp³-hybridized carbons (Fsp3) is 0.182. The Kier molecular flexibility index (Phi) is 3.86. The first kappa shape index (κ1) is 8.72. The van der Waals surface area contributed by atoms with Crippen LogP contribution in [-0.4, -0.2) is 6.21 Å². The Balaban J connectivity index is 2.77. The molecule has 0 saturated heterocycles. The van der Waals surface area contributed by atoms with Gasteiger partial charge in [0, 0.05) is 6.21 Å². The van der Waals surface area contributed by atoms with Crippen LogP contribution in [0.15, 0.2) is 53.2 Å². The Morgan fingerprint density at radius 3 is 2.92 bits per heavy atom. The van der Waals surface area contributed by atoms with E-state index in [1.807, 2.05) is 43.5 Å². The summed E-state index contributed by atoms with van der Waals surface area (Å²) in [6.45, 7) is 1.98. The van der Waals surface area contributed by atoms with E-state index in [1.54, 1.807) is 0 Å². The summed E-state index contributed by atoms with van der Waals surface area (Å²) >= 11 is 0. The van der Waals surface area contributed by atoms with Crippen LogP contribution in [0, 0.1) is 0 Å². The van der Waals surface area contributed by atoms with E-state index in [0.29, 0.717) is 0 Å². The zero-order valence-corrected chi connectivity index (χ0v) is 7.27. The summed E-state index contributed by atoms with van der Waals surface area (Å²) in [5, 5.41) is 0. The molecule has 12 heavy (non-hydrogen) atoms. The highest BCUT2D eigenvalue weighted by atomic mass is 14.7. The quantitative estimate of drug-likeness (QED) is 0.515. The highest BCUT2D eigenvalue weighted by Gasteiger charge is 1.82. The summed E-state index contributed by atoms with van der Waals surface area (Å²) in [4.78, 5) is 4.23. The van der Waals surface area contributed by atoms with Gasteiger partial charge in [-0.2, -0.15) is 0 Å². The summed E-state index contributed by atoms with van der Waals surface area (Å²) in [6.07, 6.45) is 17.0. The minimum absolute atomic E-state index is 0.974. The van der Waals surface area contributed by atoms with Crippen LogP contribution in [0.1, 0.15) is 13.3 Å². The minimum Gasteiger partial charge on any atom is -0.257 e. The smallest absolute Gasteiger partial charge is 0.0586 e. The van der Waals surface area contributed by atoms with Gasteiger partial charge in [-0.25, -0.2) is 0 Å². The van der Waals surface area contributed by atoms with E-state index >= 15 is 0 Å². The number of rotatable bonds is 0. The van der Waals surface area contributed by atoms with Crippen molar-refractivity contribution in [1.82, 2.24) is 0 Å². The molecule has 0 aromatic heterocycles. The third kappa shape index (κ3) is 3.15. The Morgan fingerprint density at radius 1 is 1.25 bits per heavy atom. The van der Waals surface area contributed by atoms with Gasteiger partial charge in [0.2, 0.25) is 0 Å². The van der Waals surface area contributed by atoms with Crippen LogP contribution in [0.3, 0.4) is 0 Å². The monoisotopic (exact) mass is 159 g/mol. The van der Waals surface area contributed by atoms with Gasteiger partial charge in [-0.3, -0.25) is 4.99 Å². The van der Waals surface area contributed by atoms with E-state index in [9.17, 15) is 0 Å². The predicted octanol–water partition coefficient (Wildman–Crippen LogP) is 3.03. The molecule has 0 fully saturated rings. The van der Waals surface area contributed by atoms with Gasteiger partial charge in [-0.15, -0.1) is 0 Å². The van der Waals surface area contributed by atoms with Gasteiger partial charge in [-0.05, 0) is 25.5 Å². The van der Waals surface area contributed by atoms with E-state index in [4.69, 9.17) is 0 Å². The normalized spacial score (nSPS) is 30.9. The van der Waals surface area contributed by atoms with Crippen molar-refractivity contribution in [3.05, 3.63) is 48.2 Å². The van der Waals surface area contributed by atoms with E-state index in [2.05, 4.69) is 17.1 Å². The lowest BCUT2D eigenvalue weighted by Crippen LogP contribution is -1.74. The Hall–Kier alpha value is -1.37. The molecule has 1 rings (SSSR count). The minimum atomic E-state index is 0.974. The first-order valence-corrected chi connectivity index (χ1v) is 4.12. The maximum Gasteiger partial charge on any atom is 0.0586 e. The van der Waals surface area contributed by atoms with Crippen LogP contribution < -0.4 is 0 Å². The first-order chi connectivity index (χ1) is 5.93. The summed E-state index contributed by atoms with van der Waals surface area (Å²) in [7, 11) is 0. The number of hydrogen-bond acceptors (Lipinski definition) is 1. The molecule has 0 saturated carbocycles. The number of nitrogens with zero attached hydrogens (tertiary/aromatic N) is 1. The molecule has 0 unspecified atom stereocenters. The molecule has 1 aliphatic heterocycles. The van der Waals surface area contributed by atoms with Gasteiger partial charge in [0.05, 0.1) is 5.70 Å². The van der Waals surface area contributed by atoms with E-state index in [-0.39, 0.29) is 0 Å². The second-order valence-corrected chi connectivity index (χ2v) is 2.44. The van der Waals surface area contributed by atoms with Crippen molar-refractivity contribution in [3.63, 3.8) is 0 Å². The molecule has 1 heteroatoms. The van der Waals surface area contributed by atoms with Gasteiger partial charge in [0.15, 0.2) is 0 Å². The summed E-state index contributed by atoms with van der Waals surface area (Å²) in [6, 6.07) is 0. The van der Waals surface area contributed by atoms with Crippen LogP contribution in [0.25, 0.3) is 0 Å². The summed E-state index contributed by atoms with van der Waals surface area (Å²) in [5.41, 5.74) is 0.992. The topological polar surface area (TPSA) is 12.4 Å². The largest absolute Gasteiger partial charge is 0.257 e.